The highest BCUT2D eigenvalue weighted by Crippen LogP contribution is 2.28. The van der Waals surface area contributed by atoms with Crippen molar-refractivity contribution in [1.82, 2.24) is 5.32 Å². The number of aliphatic hydroxyl groups excluding tert-OH is 2. The van der Waals surface area contributed by atoms with Crippen LogP contribution in [0, 0.1) is 0 Å². The molecule has 0 aromatic heterocycles. The molecule has 2 atom stereocenters. The number of benzene rings is 1. The standard InChI is InChI=1S/C16H27NO2S/c1-13(2)17-16(12-19,9-10-20-14(3)11-18)15-7-5-4-6-8-15/h4-8,13-14,17-19H,9-12H2,1-3H3. The smallest absolute Gasteiger partial charge is 0.0678 e. The number of hydrogen-bond acceptors (Lipinski definition) is 4. The average molecular weight is 297 g/mol. The SMILES string of the molecule is CC(C)NC(CO)(CCSC(C)CO)c1ccccc1. The van der Waals surface area contributed by atoms with Crippen molar-refractivity contribution in [2.45, 2.75) is 44.0 Å². The molecule has 0 aliphatic heterocycles. The first kappa shape index (κ1) is 17.5. The number of aliphatic hydroxyl groups is 2. The number of rotatable bonds is 9. The van der Waals surface area contributed by atoms with Crippen LogP contribution in [-0.4, -0.2) is 40.5 Å². The Balaban J connectivity index is 2.83. The summed E-state index contributed by atoms with van der Waals surface area (Å²) in [6.07, 6.45) is 0.834. The van der Waals surface area contributed by atoms with Crippen LogP contribution < -0.4 is 5.32 Å². The molecule has 0 fully saturated rings. The molecular formula is C16H27NO2S. The fourth-order valence-corrected chi connectivity index (χ4v) is 3.29. The van der Waals surface area contributed by atoms with Crippen LogP contribution in [-0.2, 0) is 5.54 Å². The lowest BCUT2D eigenvalue weighted by molar-refractivity contribution is 0.147. The maximum absolute atomic E-state index is 9.98. The Morgan fingerprint density at radius 1 is 1.15 bits per heavy atom. The highest BCUT2D eigenvalue weighted by Gasteiger charge is 2.31. The zero-order valence-electron chi connectivity index (χ0n) is 12.7. The summed E-state index contributed by atoms with van der Waals surface area (Å²) in [4.78, 5) is 0. The van der Waals surface area contributed by atoms with E-state index in [4.69, 9.17) is 5.11 Å². The Hall–Kier alpha value is -0.550. The third kappa shape index (κ3) is 5.09. The van der Waals surface area contributed by atoms with Gasteiger partial charge in [-0.2, -0.15) is 11.8 Å². The highest BCUT2D eigenvalue weighted by atomic mass is 32.2. The van der Waals surface area contributed by atoms with E-state index in [9.17, 15) is 5.11 Å². The van der Waals surface area contributed by atoms with Crippen LogP contribution in [0.5, 0.6) is 0 Å². The molecule has 0 aliphatic carbocycles. The van der Waals surface area contributed by atoms with Crippen LogP contribution in [0.2, 0.25) is 0 Å². The largest absolute Gasteiger partial charge is 0.395 e. The first-order chi connectivity index (χ1) is 9.54. The monoisotopic (exact) mass is 297 g/mol. The molecule has 0 bridgehead atoms. The van der Waals surface area contributed by atoms with Gasteiger partial charge in [-0.15, -0.1) is 0 Å². The molecular weight excluding hydrogens is 270 g/mol. The molecule has 1 aromatic rings. The van der Waals surface area contributed by atoms with E-state index in [-0.39, 0.29) is 18.5 Å². The summed E-state index contributed by atoms with van der Waals surface area (Å²) < 4.78 is 0. The predicted octanol–water partition coefficient (Wildman–Crippen LogP) is 2.38. The minimum atomic E-state index is -0.405. The van der Waals surface area contributed by atoms with Gasteiger partial charge in [-0.05, 0) is 31.6 Å². The van der Waals surface area contributed by atoms with Gasteiger partial charge in [0.15, 0.2) is 0 Å². The van der Waals surface area contributed by atoms with Crippen molar-refractivity contribution >= 4 is 11.8 Å². The molecule has 0 radical (unpaired) electrons. The summed E-state index contributed by atoms with van der Waals surface area (Å²) in [5.74, 6) is 0.900. The first-order valence-electron chi connectivity index (χ1n) is 7.20. The number of thioether (sulfide) groups is 1. The molecule has 0 saturated heterocycles. The van der Waals surface area contributed by atoms with Crippen LogP contribution in [0.3, 0.4) is 0 Å². The van der Waals surface area contributed by atoms with E-state index in [0.29, 0.717) is 6.04 Å². The van der Waals surface area contributed by atoms with Crippen molar-refractivity contribution < 1.29 is 10.2 Å². The Bertz CT molecular complexity index is 372. The second-order valence-electron chi connectivity index (χ2n) is 5.52. The van der Waals surface area contributed by atoms with Gasteiger partial charge in [0.1, 0.15) is 0 Å². The minimum Gasteiger partial charge on any atom is -0.395 e. The van der Waals surface area contributed by atoms with E-state index in [0.717, 1.165) is 17.7 Å². The Morgan fingerprint density at radius 2 is 1.80 bits per heavy atom. The summed E-state index contributed by atoms with van der Waals surface area (Å²) in [7, 11) is 0. The maximum Gasteiger partial charge on any atom is 0.0678 e. The summed E-state index contributed by atoms with van der Waals surface area (Å²) in [6.45, 7) is 6.47. The Morgan fingerprint density at radius 3 is 2.30 bits per heavy atom. The van der Waals surface area contributed by atoms with Crippen molar-refractivity contribution in [1.29, 1.82) is 0 Å². The molecule has 3 nitrogen and oxygen atoms in total. The number of nitrogens with one attached hydrogen (secondary N) is 1. The van der Waals surface area contributed by atoms with Gasteiger partial charge in [-0.3, -0.25) is 0 Å². The van der Waals surface area contributed by atoms with Gasteiger partial charge in [0.05, 0.1) is 18.8 Å². The maximum atomic E-state index is 9.98. The topological polar surface area (TPSA) is 52.5 Å². The Kier molecular flexibility index (Phi) is 7.59. The van der Waals surface area contributed by atoms with Crippen LogP contribution in [0.4, 0.5) is 0 Å². The lowest BCUT2D eigenvalue weighted by Crippen LogP contribution is -2.49. The molecule has 1 rings (SSSR count). The van der Waals surface area contributed by atoms with Crippen molar-refractivity contribution in [2.24, 2.45) is 0 Å². The fourth-order valence-electron chi connectivity index (χ4n) is 2.31. The third-order valence-electron chi connectivity index (χ3n) is 3.35. The average Bonchev–Trinajstić information content (AvgIpc) is 2.46. The summed E-state index contributed by atoms with van der Waals surface area (Å²) in [5, 5.41) is 22.8. The summed E-state index contributed by atoms with van der Waals surface area (Å²) in [6, 6.07) is 10.4. The molecule has 0 aliphatic rings. The summed E-state index contributed by atoms with van der Waals surface area (Å²) in [5.41, 5.74) is 0.714. The first-order valence-corrected chi connectivity index (χ1v) is 8.25. The van der Waals surface area contributed by atoms with E-state index in [1.54, 1.807) is 11.8 Å². The second-order valence-corrected chi connectivity index (χ2v) is 7.07. The van der Waals surface area contributed by atoms with E-state index in [1.165, 1.54) is 0 Å². The second kappa shape index (κ2) is 8.67. The van der Waals surface area contributed by atoms with E-state index in [1.807, 2.05) is 25.1 Å². The van der Waals surface area contributed by atoms with Gasteiger partial charge in [-0.25, -0.2) is 0 Å². The van der Waals surface area contributed by atoms with Gasteiger partial charge >= 0.3 is 0 Å². The van der Waals surface area contributed by atoms with Gasteiger partial charge < -0.3 is 15.5 Å². The molecule has 0 saturated carbocycles. The number of hydrogen-bond donors (Lipinski definition) is 3. The molecule has 0 amide bonds. The normalized spacial score (nSPS) is 16.1. The molecule has 20 heavy (non-hydrogen) atoms. The van der Waals surface area contributed by atoms with Crippen molar-refractivity contribution in [3.63, 3.8) is 0 Å². The van der Waals surface area contributed by atoms with Crippen LogP contribution in [0.15, 0.2) is 30.3 Å². The third-order valence-corrected chi connectivity index (χ3v) is 4.51. The fraction of sp³-hybridized carbons (Fsp3) is 0.625. The summed E-state index contributed by atoms with van der Waals surface area (Å²) >= 11 is 1.74. The van der Waals surface area contributed by atoms with Gasteiger partial charge in [0.25, 0.3) is 0 Å². The molecule has 3 N–H and O–H groups in total. The quantitative estimate of drug-likeness (QED) is 0.655. The molecule has 2 unspecified atom stereocenters. The van der Waals surface area contributed by atoms with Crippen molar-refractivity contribution in [2.75, 3.05) is 19.0 Å². The zero-order valence-corrected chi connectivity index (χ0v) is 13.5. The lowest BCUT2D eigenvalue weighted by atomic mass is 9.87. The molecule has 0 spiro atoms. The highest BCUT2D eigenvalue weighted by molar-refractivity contribution is 7.99. The van der Waals surface area contributed by atoms with E-state index in [2.05, 4.69) is 31.3 Å². The lowest BCUT2D eigenvalue weighted by Gasteiger charge is -2.36. The molecule has 1 aromatic carbocycles. The van der Waals surface area contributed by atoms with Gasteiger partial charge in [0, 0.05) is 11.3 Å². The van der Waals surface area contributed by atoms with E-state index >= 15 is 0 Å². The molecule has 0 heterocycles. The molecule has 114 valence electrons. The van der Waals surface area contributed by atoms with Crippen molar-refractivity contribution in [3.05, 3.63) is 35.9 Å². The minimum absolute atomic E-state index is 0.0727. The van der Waals surface area contributed by atoms with Crippen LogP contribution >= 0.6 is 11.8 Å². The van der Waals surface area contributed by atoms with E-state index < -0.39 is 5.54 Å². The van der Waals surface area contributed by atoms with Gasteiger partial charge in [-0.1, -0.05) is 37.3 Å². The molecule has 4 heteroatoms. The zero-order chi connectivity index (χ0) is 15.0. The predicted molar refractivity (Wildman–Crippen MR) is 87.1 cm³/mol. The van der Waals surface area contributed by atoms with Crippen LogP contribution in [0.25, 0.3) is 0 Å². The Labute approximate surface area is 126 Å². The van der Waals surface area contributed by atoms with Crippen molar-refractivity contribution in [3.8, 4) is 0 Å². The van der Waals surface area contributed by atoms with Gasteiger partial charge in [0.2, 0.25) is 0 Å². The van der Waals surface area contributed by atoms with Crippen LogP contribution in [0.1, 0.15) is 32.8 Å².